The lowest BCUT2D eigenvalue weighted by Crippen LogP contribution is -2.33. The largest absolute Gasteiger partial charge is 0.324 e. The van der Waals surface area contributed by atoms with Crippen molar-refractivity contribution in [2.75, 3.05) is 11.9 Å². The topological polar surface area (TPSA) is 61.8 Å². The molecule has 30 heavy (non-hydrogen) atoms. The van der Waals surface area contributed by atoms with Crippen LogP contribution in [0, 0.1) is 25.5 Å². The highest BCUT2D eigenvalue weighted by Crippen LogP contribution is 2.33. The van der Waals surface area contributed by atoms with Gasteiger partial charge in [0, 0.05) is 19.0 Å². The van der Waals surface area contributed by atoms with E-state index in [2.05, 4.69) is 16.9 Å². The molecule has 1 atom stereocenters. The zero-order chi connectivity index (χ0) is 21.8. The van der Waals surface area contributed by atoms with E-state index in [1.54, 1.807) is 6.08 Å². The number of rotatable bonds is 6. The van der Waals surface area contributed by atoms with Crippen molar-refractivity contribution in [3.8, 4) is 0 Å². The average Bonchev–Trinajstić information content (AvgIpc) is 2.96. The summed E-state index contributed by atoms with van der Waals surface area (Å²) in [5.41, 5.74) is 2.59. The highest BCUT2D eigenvalue weighted by Gasteiger charge is 2.38. The lowest BCUT2D eigenvalue weighted by atomic mass is 10.1. The summed E-state index contributed by atoms with van der Waals surface area (Å²) in [4.78, 5) is 31.4. The first-order valence-corrected chi connectivity index (χ1v) is 10.2. The number of halogens is 2. The molecule has 0 aromatic heterocycles. The van der Waals surface area contributed by atoms with Crippen LogP contribution < -0.4 is 5.32 Å². The Balaban J connectivity index is 1.79. The third kappa shape index (κ3) is 4.76. The number of benzene rings is 2. The zero-order valence-electron chi connectivity index (χ0n) is 16.6. The number of amides is 2. The van der Waals surface area contributed by atoms with E-state index in [-0.39, 0.29) is 24.6 Å². The summed E-state index contributed by atoms with van der Waals surface area (Å²) in [6.45, 7) is 7.82. The van der Waals surface area contributed by atoms with E-state index >= 15 is 0 Å². The van der Waals surface area contributed by atoms with Gasteiger partial charge in [-0.3, -0.25) is 14.5 Å². The number of thioether (sulfide) groups is 1. The Labute approximate surface area is 177 Å². The van der Waals surface area contributed by atoms with E-state index in [0.717, 1.165) is 28.9 Å². The predicted molar refractivity (Wildman–Crippen MR) is 116 cm³/mol. The number of carbonyl (C=O) groups excluding carboxylic acids is 2. The number of carbonyl (C=O) groups is 2. The molecule has 2 aromatic carbocycles. The van der Waals surface area contributed by atoms with Crippen LogP contribution in [0.15, 0.2) is 54.0 Å². The van der Waals surface area contributed by atoms with Crippen molar-refractivity contribution in [2.24, 2.45) is 4.99 Å². The molecule has 0 saturated carbocycles. The van der Waals surface area contributed by atoms with Gasteiger partial charge < -0.3 is 5.32 Å². The summed E-state index contributed by atoms with van der Waals surface area (Å²) < 4.78 is 26.8. The van der Waals surface area contributed by atoms with Gasteiger partial charge in [0.1, 0.15) is 16.9 Å². The number of aliphatic imine (C=N–C) groups is 1. The smallest absolute Gasteiger partial charge is 0.242 e. The molecule has 5 nitrogen and oxygen atoms in total. The molecule has 156 valence electrons. The molecular formula is C22H21F2N3O2S. The predicted octanol–water partition coefficient (Wildman–Crippen LogP) is 4.73. The Kier molecular flexibility index (Phi) is 6.66. The number of hydrogen-bond acceptors (Lipinski definition) is 4. The quantitative estimate of drug-likeness (QED) is 0.676. The molecule has 1 heterocycles. The highest BCUT2D eigenvalue weighted by molar-refractivity contribution is 8.15. The number of para-hydroxylation sites is 1. The molecule has 2 aromatic rings. The summed E-state index contributed by atoms with van der Waals surface area (Å²) in [5.74, 6) is -2.42. The van der Waals surface area contributed by atoms with Gasteiger partial charge in [-0.25, -0.2) is 13.8 Å². The molecular weight excluding hydrogens is 408 g/mol. The molecule has 2 amide bonds. The number of hydrogen-bond donors (Lipinski definition) is 1. The molecule has 1 N–H and O–H groups in total. The molecule has 0 bridgehead atoms. The average molecular weight is 429 g/mol. The van der Waals surface area contributed by atoms with Crippen LogP contribution >= 0.6 is 11.8 Å². The van der Waals surface area contributed by atoms with Gasteiger partial charge in [0.05, 0.1) is 11.4 Å². The fraction of sp³-hybridized carbons (Fsp3) is 0.227. The molecule has 1 aliphatic rings. The maximum absolute atomic E-state index is 13.8. The first-order chi connectivity index (χ1) is 14.3. The van der Waals surface area contributed by atoms with Crippen LogP contribution in [0.5, 0.6) is 0 Å². The van der Waals surface area contributed by atoms with Gasteiger partial charge in [0.25, 0.3) is 0 Å². The standard InChI is InChI=1S/C22H21F2N3O2S/c1-4-10-27-21(29)18(12-19(28)25-17-9-8-15(23)11-16(17)24)30-22(27)26-20-13(2)6-5-7-14(20)3/h4-9,11,18H,1,10,12H2,2-3H3,(H,25,28). The van der Waals surface area contributed by atoms with Crippen molar-refractivity contribution in [1.29, 1.82) is 0 Å². The van der Waals surface area contributed by atoms with Gasteiger partial charge in [0.2, 0.25) is 11.8 Å². The summed E-state index contributed by atoms with van der Waals surface area (Å²) >= 11 is 1.19. The SMILES string of the molecule is C=CCN1C(=O)C(CC(=O)Nc2ccc(F)cc2F)SC1=Nc1c(C)cccc1C. The van der Waals surface area contributed by atoms with Gasteiger partial charge in [0.15, 0.2) is 5.17 Å². The van der Waals surface area contributed by atoms with E-state index < -0.39 is 22.8 Å². The van der Waals surface area contributed by atoms with Crippen LogP contribution in [-0.4, -0.2) is 33.7 Å². The maximum Gasteiger partial charge on any atom is 0.242 e. The van der Waals surface area contributed by atoms with Crippen molar-refractivity contribution in [1.82, 2.24) is 4.90 Å². The van der Waals surface area contributed by atoms with Gasteiger partial charge in [-0.2, -0.15) is 0 Å². The molecule has 1 fully saturated rings. The second-order valence-electron chi connectivity index (χ2n) is 6.86. The van der Waals surface area contributed by atoms with Crippen LogP contribution in [0.1, 0.15) is 17.5 Å². The van der Waals surface area contributed by atoms with Crippen molar-refractivity contribution >= 4 is 40.1 Å². The van der Waals surface area contributed by atoms with Gasteiger partial charge in [-0.1, -0.05) is 36.0 Å². The highest BCUT2D eigenvalue weighted by atomic mass is 32.2. The molecule has 1 saturated heterocycles. The third-order valence-electron chi connectivity index (χ3n) is 4.55. The van der Waals surface area contributed by atoms with E-state index in [9.17, 15) is 18.4 Å². The Morgan fingerprint density at radius 1 is 1.27 bits per heavy atom. The summed E-state index contributed by atoms with van der Waals surface area (Å²) in [6, 6.07) is 8.69. The number of amidine groups is 1. The second-order valence-corrected chi connectivity index (χ2v) is 8.03. The number of anilines is 1. The van der Waals surface area contributed by atoms with Crippen LogP contribution in [-0.2, 0) is 9.59 Å². The molecule has 1 aliphatic heterocycles. The number of aryl methyl sites for hydroxylation is 2. The minimum absolute atomic E-state index is 0.135. The first-order valence-electron chi connectivity index (χ1n) is 9.29. The molecule has 3 rings (SSSR count). The Bertz CT molecular complexity index is 1020. The molecule has 1 unspecified atom stereocenters. The van der Waals surface area contributed by atoms with Crippen molar-refractivity contribution in [3.63, 3.8) is 0 Å². The number of nitrogens with zero attached hydrogens (tertiary/aromatic N) is 2. The molecule has 8 heteroatoms. The molecule has 0 radical (unpaired) electrons. The lowest BCUT2D eigenvalue weighted by Gasteiger charge is -2.14. The van der Waals surface area contributed by atoms with E-state index in [0.29, 0.717) is 11.2 Å². The van der Waals surface area contributed by atoms with E-state index in [4.69, 9.17) is 0 Å². The lowest BCUT2D eigenvalue weighted by molar-refractivity contribution is -0.127. The Morgan fingerprint density at radius 3 is 2.60 bits per heavy atom. The van der Waals surface area contributed by atoms with E-state index in [1.807, 2.05) is 32.0 Å². The monoisotopic (exact) mass is 429 g/mol. The zero-order valence-corrected chi connectivity index (χ0v) is 17.4. The van der Waals surface area contributed by atoms with Gasteiger partial charge in [-0.15, -0.1) is 6.58 Å². The van der Waals surface area contributed by atoms with Crippen molar-refractivity contribution < 1.29 is 18.4 Å². The van der Waals surface area contributed by atoms with E-state index in [1.165, 1.54) is 16.7 Å². The fourth-order valence-electron chi connectivity index (χ4n) is 3.06. The summed E-state index contributed by atoms with van der Waals surface area (Å²) in [7, 11) is 0. The Hall–Kier alpha value is -3.00. The minimum atomic E-state index is -0.876. The van der Waals surface area contributed by atoms with Gasteiger partial charge >= 0.3 is 0 Å². The fourth-order valence-corrected chi connectivity index (χ4v) is 4.21. The normalized spacial score (nSPS) is 17.5. The van der Waals surface area contributed by atoms with Crippen LogP contribution in [0.2, 0.25) is 0 Å². The van der Waals surface area contributed by atoms with Crippen LogP contribution in [0.25, 0.3) is 0 Å². The maximum atomic E-state index is 13.8. The minimum Gasteiger partial charge on any atom is -0.324 e. The first kappa shape index (κ1) is 21.7. The summed E-state index contributed by atoms with van der Waals surface area (Å²) in [6.07, 6.45) is 1.43. The van der Waals surface area contributed by atoms with Crippen LogP contribution in [0.4, 0.5) is 20.2 Å². The molecule has 0 spiro atoms. The second kappa shape index (κ2) is 9.21. The van der Waals surface area contributed by atoms with Crippen LogP contribution in [0.3, 0.4) is 0 Å². The summed E-state index contributed by atoms with van der Waals surface area (Å²) in [5, 5.41) is 2.18. The van der Waals surface area contributed by atoms with Crippen molar-refractivity contribution in [2.45, 2.75) is 25.5 Å². The Morgan fingerprint density at radius 2 is 1.97 bits per heavy atom. The number of nitrogens with one attached hydrogen (secondary N) is 1. The third-order valence-corrected chi connectivity index (χ3v) is 5.73. The van der Waals surface area contributed by atoms with Gasteiger partial charge in [-0.05, 0) is 37.1 Å². The van der Waals surface area contributed by atoms with Crippen molar-refractivity contribution in [3.05, 3.63) is 71.8 Å². The molecule has 0 aliphatic carbocycles.